The Kier molecular flexibility index (Phi) is 7.76. The second kappa shape index (κ2) is 9.33. The molecule has 8 heteroatoms. The standard InChI is InChI=1S/C15H24S8/c1-11(2-16-1)20-9-15(22-13-5-18-6-13,23-14-7-19-8-14)10-21-12-3-17-4-12/h11-14H,1-10H2. The van der Waals surface area contributed by atoms with Crippen molar-refractivity contribution >= 4 is 94.1 Å². The van der Waals surface area contributed by atoms with E-state index in [4.69, 9.17) is 0 Å². The molecule has 0 aromatic heterocycles. The fourth-order valence-corrected chi connectivity index (χ4v) is 14.6. The molecule has 4 saturated heterocycles. The van der Waals surface area contributed by atoms with E-state index in [0.29, 0.717) is 4.08 Å². The third-order valence-electron chi connectivity index (χ3n) is 4.27. The van der Waals surface area contributed by atoms with Gasteiger partial charge in [0.15, 0.2) is 0 Å². The van der Waals surface area contributed by atoms with Gasteiger partial charge in [0.1, 0.15) is 0 Å². The highest BCUT2D eigenvalue weighted by Crippen LogP contribution is 2.53. The van der Waals surface area contributed by atoms with E-state index in [0.717, 1.165) is 21.0 Å². The van der Waals surface area contributed by atoms with Gasteiger partial charge in [-0.3, -0.25) is 0 Å². The lowest BCUT2D eigenvalue weighted by Gasteiger charge is -2.43. The quantitative estimate of drug-likeness (QED) is 0.409. The third kappa shape index (κ3) is 5.41. The summed E-state index contributed by atoms with van der Waals surface area (Å²) in [5.74, 6) is 14.0. The number of rotatable bonds is 10. The van der Waals surface area contributed by atoms with Crippen LogP contribution in [0.1, 0.15) is 0 Å². The molecular weight excluding hydrogens is 437 g/mol. The largest absolute Gasteiger partial charge is 0.160 e. The van der Waals surface area contributed by atoms with E-state index < -0.39 is 0 Å². The van der Waals surface area contributed by atoms with Gasteiger partial charge in [0.25, 0.3) is 0 Å². The fourth-order valence-electron chi connectivity index (χ4n) is 2.49. The minimum Gasteiger partial charge on any atom is -0.160 e. The van der Waals surface area contributed by atoms with Gasteiger partial charge in [-0.2, -0.15) is 70.6 Å². The average molecular weight is 461 g/mol. The molecule has 0 spiro atoms. The highest BCUT2D eigenvalue weighted by molar-refractivity contribution is 8.23. The Morgan fingerprint density at radius 2 is 0.913 bits per heavy atom. The van der Waals surface area contributed by atoms with Crippen molar-refractivity contribution in [2.45, 2.75) is 25.1 Å². The molecule has 0 nitrogen and oxygen atoms in total. The maximum absolute atomic E-state index is 2.39. The molecule has 4 aliphatic heterocycles. The molecule has 0 bridgehead atoms. The molecule has 0 N–H and O–H groups in total. The van der Waals surface area contributed by atoms with Crippen molar-refractivity contribution in [3.8, 4) is 0 Å². The molecule has 4 heterocycles. The Hall–Kier alpha value is 2.80. The van der Waals surface area contributed by atoms with Crippen LogP contribution in [0.2, 0.25) is 0 Å². The summed E-state index contributed by atoms with van der Waals surface area (Å²) in [5, 5.41) is 3.79. The van der Waals surface area contributed by atoms with Crippen LogP contribution in [0.4, 0.5) is 0 Å². The van der Waals surface area contributed by atoms with Gasteiger partial charge in [0, 0.05) is 78.5 Å². The van der Waals surface area contributed by atoms with Gasteiger partial charge < -0.3 is 0 Å². The molecule has 0 atom stereocenters. The minimum atomic E-state index is 0.493. The van der Waals surface area contributed by atoms with Crippen molar-refractivity contribution in [1.82, 2.24) is 0 Å². The first-order valence-corrected chi connectivity index (χ1v) is 16.7. The van der Waals surface area contributed by atoms with E-state index in [-0.39, 0.29) is 0 Å². The molecule has 132 valence electrons. The highest BCUT2D eigenvalue weighted by atomic mass is 32.2. The average Bonchev–Trinajstić information content (AvgIpc) is 2.34. The van der Waals surface area contributed by atoms with Crippen LogP contribution in [0.5, 0.6) is 0 Å². The van der Waals surface area contributed by atoms with Gasteiger partial charge in [-0.25, -0.2) is 0 Å². The molecule has 0 radical (unpaired) electrons. The zero-order valence-corrected chi connectivity index (χ0v) is 19.7. The first kappa shape index (κ1) is 19.1. The molecule has 23 heavy (non-hydrogen) atoms. The molecule has 4 rings (SSSR count). The summed E-state index contributed by atoms with van der Waals surface area (Å²) in [4.78, 5) is 0. The van der Waals surface area contributed by atoms with E-state index in [2.05, 4.69) is 94.1 Å². The highest BCUT2D eigenvalue weighted by Gasteiger charge is 2.42. The zero-order valence-electron chi connectivity index (χ0n) is 13.1. The van der Waals surface area contributed by atoms with E-state index >= 15 is 0 Å². The summed E-state index contributed by atoms with van der Waals surface area (Å²) in [6.45, 7) is 0. The monoisotopic (exact) mass is 460 g/mol. The Labute approximate surface area is 175 Å². The lowest BCUT2D eigenvalue weighted by atomic mass is 10.5. The third-order valence-corrected chi connectivity index (χ3v) is 18.1. The molecule has 0 aromatic rings. The molecule has 0 aromatic carbocycles. The number of hydrogen-bond donors (Lipinski definition) is 0. The van der Waals surface area contributed by atoms with Gasteiger partial charge in [-0.05, 0) is 0 Å². The van der Waals surface area contributed by atoms with Gasteiger partial charge in [-0.15, -0.1) is 23.5 Å². The number of thioether (sulfide) groups is 8. The van der Waals surface area contributed by atoms with Crippen LogP contribution in [0.25, 0.3) is 0 Å². The Morgan fingerprint density at radius 1 is 0.565 bits per heavy atom. The Bertz CT molecular complexity index is 340. The summed E-state index contributed by atoms with van der Waals surface area (Å²) < 4.78 is 0.493. The van der Waals surface area contributed by atoms with Crippen LogP contribution in [0.15, 0.2) is 0 Å². The smallest absolute Gasteiger partial charge is 0.0797 e. The molecular formula is C15H24S8. The lowest BCUT2D eigenvalue weighted by molar-refractivity contribution is 0.968. The van der Waals surface area contributed by atoms with Gasteiger partial charge in [0.2, 0.25) is 0 Å². The van der Waals surface area contributed by atoms with E-state index in [1.54, 1.807) is 0 Å². The molecule has 0 saturated carbocycles. The molecule has 0 unspecified atom stereocenters. The SMILES string of the molecule is C1SCC1SCC(CSC1CSC1)(SC1CSC1)SC1CSC1. The van der Waals surface area contributed by atoms with Crippen LogP contribution in [-0.4, -0.2) is 82.6 Å². The van der Waals surface area contributed by atoms with Crippen molar-refractivity contribution in [3.63, 3.8) is 0 Å². The van der Waals surface area contributed by atoms with Crippen LogP contribution in [0, 0.1) is 0 Å². The maximum Gasteiger partial charge on any atom is 0.0797 e. The summed E-state index contributed by atoms with van der Waals surface area (Å²) in [7, 11) is 0. The summed E-state index contributed by atoms with van der Waals surface area (Å²) in [5.41, 5.74) is 0. The summed E-state index contributed by atoms with van der Waals surface area (Å²) >= 11 is 18.0. The van der Waals surface area contributed by atoms with Crippen molar-refractivity contribution < 1.29 is 0 Å². The topological polar surface area (TPSA) is 0 Å². The van der Waals surface area contributed by atoms with Crippen LogP contribution < -0.4 is 0 Å². The summed E-state index contributed by atoms with van der Waals surface area (Å²) in [6, 6.07) is 0. The van der Waals surface area contributed by atoms with Gasteiger partial charge >= 0.3 is 0 Å². The van der Waals surface area contributed by atoms with Gasteiger partial charge in [-0.1, -0.05) is 0 Å². The van der Waals surface area contributed by atoms with Crippen LogP contribution >= 0.6 is 94.1 Å². The van der Waals surface area contributed by atoms with Crippen molar-refractivity contribution in [2.75, 3.05) is 57.5 Å². The Balaban J connectivity index is 1.38. The van der Waals surface area contributed by atoms with Crippen molar-refractivity contribution in [3.05, 3.63) is 0 Å². The second-order valence-electron chi connectivity index (χ2n) is 6.41. The first-order valence-electron chi connectivity index (χ1n) is 8.21. The normalized spacial score (nSPS) is 27.1. The number of hydrogen-bond acceptors (Lipinski definition) is 8. The molecule has 4 fully saturated rings. The maximum atomic E-state index is 2.39. The van der Waals surface area contributed by atoms with Gasteiger partial charge in [0.05, 0.1) is 4.08 Å². The minimum absolute atomic E-state index is 0.493. The molecule has 4 aliphatic rings. The summed E-state index contributed by atoms with van der Waals surface area (Å²) in [6.07, 6.45) is 0. The van der Waals surface area contributed by atoms with E-state index in [1.807, 2.05) is 0 Å². The predicted molar refractivity (Wildman–Crippen MR) is 127 cm³/mol. The molecule has 0 amide bonds. The van der Waals surface area contributed by atoms with Crippen LogP contribution in [0.3, 0.4) is 0 Å². The fraction of sp³-hybridized carbons (Fsp3) is 1.00. The van der Waals surface area contributed by atoms with Crippen molar-refractivity contribution in [2.24, 2.45) is 0 Å². The predicted octanol–water partition coefficient (Wildman–Crippen LogP) is 5.08. The zero-order chi connectivity index (χ0) is 15.5. The lowest BCUT2D eigenvalue weighted by Crippen LogP contribution is -2.41. The van der Waals surface area contributed by atoms with Crippen molar-refractivity contribution in [1.29, 1.82) is 0 Å². The second-order valence-corrected chi connectivity index (χ2v) is 16.9. The first-order chi connectivity index (χ1) is 11.3. The Morgan fingerprint density at radius 3 is 1.17 bits per heavy atom. The molecule has 0 aliphatic carbocycles. The van der Waals surface area contributed by atoms with E-state index in [1.165, 1.54) is 57.5 Å². The van der Waals surface area contributed by atoms with E-state index in [9.17, 15) is 0 Å². The van der Waals surface area contributed by atoms with Crippen LogP contribution in [-0.2, 0) is 0 Å².